The fourth-order valence-electron chi connectivity index (χ4n) is 5.48. The van der Waals surface area contributed by atoms with Gasteiger partial charge in [0.15, 0.2) is 6.29 Å². The second-order valence-electron chi connectivity index (χ2n) is 10.9. The van der Waals surface area contributed by atoms with Crippen molar-refractivity contribution in [2.45, 2.75) is 35.9 Å². The van der Waals surface area contributed by atoms with Gasteiger partial charge >= 0.3 is 0 Å². The number of carbonyl (C=O) groups is 1. The number of hydrogen-bond acceptors (Lipinski definition) is 8. The van der Waals surface area contributed by atoms with Crippen LogP contribution in [-0.4, -0.2) is 49.5 Å². The van der Waals surface area contributed by atoms with Gasteiger partial charge < -0.3 is 19.9 Å². The summed E-state index contributed by atoms with van der Waals surface area (Å²) < 4.78 is 42.0. The van der Waals surface area contributed by atoms with E-state index in [-0.39, 0.29) is 23.3 Å². The molecule has 5 aromatic rings. The predicted molar refractivity (Wildman–Crippen MR) is 169 cm³/mol. The minimum Gasteiger partial charge on any atom is -0.382 e. The molecule has 1 aliphatic heterocycles. The molecule has 2 heterocycles. The molecular formula is C34H29F2N5O4S. The van der Waals surface area contributed by atoms with E-state index in [4.69, 9.17) is 9.47 Å². The third kappa shape index (κ3) is 6.49. The van der Waals surface area contributed by atoms with Crippen molar-refractivity contribution in [1.29, 1.82) is 5.26 Å². The first kappa shape index (κ1) is 31.3. The Balaban J connectivity index is 1.09. The lowest BCUT2D eigenvalue weighted by Crippen LogP contribution is -2.43. The number of amides is 1. The number of hydrogen-bond donors (Lipinski definition) is 2. The van der Waals surface area contributed by atoms with Crippen LogP contribution in [0.1, 0.15) is 40.3 Å². The van der Waals surface area contributed by atoms with Gasteiger partial charge in [0.25, 0.3) is 5.91 Å². The van der Waals surface area contributed by atoms with Crippen molar-refractivity contribution in [3.05, 3.63) is 125 Å². The van der Waals surface area contributed by atoms with Crippen LogP contribution in [0.5, 0.6) is 0 Å². The van der Waals surface area contributed by atoms with Crippen molar-refractivity contribution < 1.29 is 28.2 Å². The van der Waals surface area contributed by atoms with E-state index >= 15 is 0 Å². The van der Waals surface area contributed by atoms with Gasteiger partial charge in [-0.2, -0.15) is 10.4 Å². The van der Waals surface area contributed by atoms with Crippen LogP contribution in [0.3, 0.4) is 0 Å². The van der Waals surface area contributed by atoms with Gasteiger partial charge in [-0.3, -0.25) is 4.79 Å². The highest BCUT2D eigenvalue weighted by atomic mass is 32.2. The molecule has 0 saturated carbocycles. The number of carbonyl (C=O) groups excluding carboxylic acids is 1. The van der Waals surface area contributed by atoms with E-state index < -0.39 is 28.8 Å². The zero-order valence-corrected chi connectivity index (χ0v) is 25.5. The van der Waals surface area contributed by atoms with Crippen LogP contribution in [-0.2, 0) is 21.6 Å². The highest BCUT2D eigenvalue weighted by molar-refractivity contribution is 8.00. The molecule has 0 unspecified atom stereocenters. The Labute approximate surface area is 267 Å². The SMILES string of the molecule is C[C@@H](SC1COC(c2ccc(C(=O)Nc3ccc(C#N)c4ccccc34)cc2)OC1)[C@](O)(Cn1cncn1)c1ccc(F)cc1F. The minimum atomic E-state index is -1.74. The fourth-order valence-corrected chi connectivity index (χ4v) is 6.80. The third-order valence-corrected chi connectivity index (χ3v) is 9.40. The summed E-state index contributed by atoms with van der Waals surface area (Å²) in [5.41, 5.74) is 0.521. The van der Waals surface area contributed by atoms with Gasteiger partial charge in [0.2, 0.25) is 0 Å². The maximum absolute atomic E-state index is 14.9. The van der Waals surface area contributed by atoms with Crippen molar-refractivity contribution in [3.63, 3.8) is 0 Å². The Morgan fingerprint density at radius 1 is 1.11 bits per heavy atom. The van der Waals surface area contributed by atoms with Crippen LogP contribution in [0.25, 0.3) is 10.8 Å². The van der Waals surface area contributed by atoms with E-state index in [0.29, 0.717) is 30.0 Å². The van der Waals surface area contributed by atoms with Gasteiger partial charge in [-0.1, -0.05) is 49.4 Å². The largest absolute Gasteiger partial charge is 0.382 e. The van der Waals surface area contributed by atoms with E-state index in [1.54, 1.807) is 43.3 Å². The molecule has 0 radical (unpaired) electrons. The molecule has 1 aliphatic rings. The van der Waals surface area contributed by atoms with E-state index in [1.807, 2.05) is 24.3 Å². The van der Waals surface area contributed by atoms with Gasteiger partial charge in [-0.05, 0) is 30.3 Å². The number of rotatable bonds is 9. The van der Waals surface area contributed by atoms with Gasteiger partial charge in [0.05, 0.1) is 36.6 Å². The molecule has 1 fully saturated rings. The Hall–Kier alpha value is -4.67. The predicted octanol–water partition coefficient (Wildman–Crippen LogP) is 5.96. The van der Waals surface area contributed by atoms with Crippen molar-refractivity contribution in [2.24, 2.45) is 0 Å². The van der Waals surface area contributed by atoms with Crippen LogP contribution in [0.15, 0.2) is 91.5 Å². The van der Waals surface area contributed by atoms with Crippen LogP contribution >= 0.6 is 11.8 Å². The number of nitrogens with one attached hydrogen (secondary N) is 1. The third-order valence-electron chi connectivity index (χ3n) is 7.94. The first-order valence-electron chi connectivity index (χ1n) is 14.5. The molecule has 0 spiro atoms. The Morgan fingerprint density at radius 3 is 2.52 bits per heavy atom. The topological polar surface area (TPSA) is 122 Å². The number of halogens is 2. The number of nitrogens with zero attached hydrogens (tertiary/aromatic N) is 4. The summed E-state index contributed by atoms with van der Waals surface area (Å²) in [4.78, 5) is 17.0. The number of fused-ring (bicyclic) bond motifs is 1. The number of thioether (sulfide) groups is 1. The van der Waals surface area contributed by atoms with E-state index in [1.165, 1.54) is 35.2 Å². The van der Waals surface area contributed by atoms with Gasteiger partial charge in [-0.25, -0.2) is 18.4 Å². The summed E-state index contributed by atoms with van der Waals surface area (Å²) in [7, 11) is 0. The average molecular weight is 642 g/mol. The number of benzene rings is 4. The maximum atomic E-state index is 14.9. The zero-order valence-electron chi connectivity index (χ0n) is 24.6. The van der Waals surface area contributed by atoms with Crippen LogP contribution in [0, 0.1) is 23.0 Å². The first-order valence-corrected chi connectivity index (χ1v) is 15.4. The minimum absolute atomic E-state index is 0.0450. The molecule has 4 aromatic carbocycles. The fraction of sp³-hybridized carbons (Fsp3) is 0.235. The number of anilines is 1. The lowest BCUT2D eigenvalue weighted by Gasteiger charge is -2.37. The van der Waals surface area contributed by atoms with Gasteiger partial charge in [0.1, 0.15) is 29.9 Å². The maximum Gasteiger partial charge on any atom is 0.255 e. The molecule has 1 aromatic heterocycles. The van der Waals surface area contributed by atoms with Gasteiger partial charge in [0, 0.05) is 44.5 Å². The van der Waals surface area contributed by atoms with Crippen LogP contribution in [0.2, 0.25) is 0 Å². The molecule has 46 heavy (non-hydrogen) atoms. The van der Waals surface area contributed by atoms with Gasteiger partial charge in [-0.15, -0.1) is 11.8 Å². The molecule has 1 saturated heterocycles. The molecule has 12 heteroatoms. The average Bonchev–Trinajstić information content (AvgIpc) is 3.58. The lowest BCUT2D eigenvalue weighted by atomic mass is 9.90. The summed E-state index contributed by atoms with van der Waals surface area (Å²) >= 11 is 1.37. The quantitative estimate of drug-likeness (QED) is 0.202. The smallest absolute Gasteiger partial charge is 0.255 e. The van der Waals surface area contributed by atoms with E-state index in [9.17, 15) is 23.9 Å². The summed E-state index contributed by atoms with van der Waals surface area (Å²) in [5, 5.41) is 29.0. The summed E-state index contributed by atoms with van der Waals surface area (Å²) in [6, 6.07) is 23.0. The molecule has 0 bridgehead atoms. The van der Waals surface area contributed by atoms with E-state index in [2.05, 4.69) is 21.5 Å². The lowest BCUT2D eigenvalue weighted by molar-refractivity contribution is -0.180. The zero-order chi connectivity index (χ0) is 32.3. The molecular weight excluding hydrogens is 612 g/mol. The Morgan fingerprint density at radius 2 is 1.85 bits per heavy atom. The molecule has 2 N–H and O–H groups in total. The number of aliphatic hydroxyl groups is 1. The van der Waals surface area contributed by atoms with Crippen LogP contribution in [0.4, 0.5) is 14.5 Å². The van der Waals surface area contributed by atoms with Crippen molar-refractivity contribution in [1.82, 2.24) is 14.8 Å². The standard InChI is InChI=1S/C34H29F2N5O4S/c1-21(34(43,18-41-20-38-19-39-41)29-12-11-25(35)14-30(29)36)46-26-16-44-33(45-17-26)23-8-6-22(7-9-23)32(42)40-31-13-10-24(15-37)27-4-2-3-5-28(27)31/h2-14,19-21,26,33,43H,16-18H2,1H3,(H,40,42)/t21-,26?,33?,34-/m1/s1. The molecule has 9 nitrogen and oxygen atoms in total. The number of ether oxygens (including phenoxy) is 2. The Bertz CT molecular complexity index is 1890. The van der Waals surface area contributed by atoms with Crippen LogP contribution < -0.4 is 5.32 Å². The number of nitriles is 1. The summed E-state index contributed by atoms with van der Waals surface area (Å²) in [6.07, 6.45) is 2.08. The Kier molecular flexibility index (Phi) is 9.10. The summed E-state index contributed by atoms with van der Waals surface area (Å²) in [6.45, 7) is 2.25. The van der Waals surface area contributed by atoms with E-state index in [0.717, 1.165) is 28.5 Å². The number of aromatic nitrogens is 3. The summed E-state index contributed by atoms with van der Waals surface area (Å²) in [5.74, 6) is -1.89. The molecule has 6 rings (SSSR count). The highest BCUT2D eigenvalue weighted by Gasteiger charge is 2.41. The normalized spacial score (nSPS) is 18.4. The first-order chi connectivity index (χ1) is 22.2. The molecule has 234 valence electrons. The highest BCUT2D eigenvalue weighted by Crippen LogP contribution is 2.39. The van der Waals surface area contributed by atoms with Crippen molar-refractivity contribution in [3.8, 4) is 6.07 Å². The molecule has 0 aliphatic carbocycles. The second-order valence-corrected chi connectivity index (χ2v) is 12.6. The van der Waals surface area contributed by atoms with Crippen molar-refractivity contribution >= 4 is 34.1 Å². The monoisotopic (exact) mass is 641 g/mol. The second kappa shape index (κ2) is 13.4. The molecule has 2 atom stereocenters. The van der Waals surface area contributed by atoms with Crippen molar-refractivity contribution in [2.75, 3.05) is 18.5 Å². The molecule has 1 amide bonds.